The number of morpholine rings is 1. The van der Waals surface area contributed by atoms with Gasteiger partial charge in [-0.1, -0.05) is 12.1 Å². The van der Waals surface area contributed by atoms with Crippen molar-refractivity contribution in [3.05, 3.63) is 69.9 Å². The summed E-state index contributed by atoms with van der Waals surface area (Å²) in [5, 5.41) is 0.444. The van der Waals surface area contributed by atoms with Crippen molar-refractivity contribution in [2.24, 2.45) is 0 Å². The quantitative estimate of drug-likeness (QED) is 0.435. The summed E-state index contributed by atoms with van der Waals surface area (Å²) >= 11 is 0. The third-order valence-corrected chi connectivity index (χ3v) is 5.68. The molecule has 0 saturated carbocycles. The second-order valence-corrected chi connectivity index (χ2v) is 7.72. The maximum Gasteiger partial charge on any atom is 0.261 e. The Morgan fingerprint density at radius 2 is 1.62 bits per heavy atom. The summed E-state index contributed by atoms with van der Waals surface area (Å²) in [5.74, 6) is 0.529. The summed E-state index contributed by atoms with van der Waals surface area (Å²) in [4.78, 5) is 40.7. The van der Waals surface area contributed by atoms with E-state index < -0.39 is 0 Å². The van der Waals surface area contributed by atoms with Gasteiger partial charge in [0.1, 0.15) is 11.3 Å². The molecule has 2 aliphatic rings. The smallest absolute Gasteiger partial charge is 0.261 e. The molecule has 0 aliphatic carbocycles. The van der Waals surface area contributed by atoms with E-state index >= 15 is 0 Å². The minimum Gasteiger partial charge on any atom is -0.494 e. The summed E-state index contributed by atoms with van der Waals surface area (Å²) in [6.07, 6.45) is 0.480. The molecule has 1 aromatic heterocycles. The number of fused-ring (bicyclic) bond motifs is 2. The van der Waals surface area contributed by atoms with Gasteiger partial charge in [0.05, 0.1) is 36.3 Å². The molecule has 3 aromatic rings. The van der Waals surface area contributed by atoms with Gasteiger partial charge in [-0.2, -0.15) is 0 Å². The van der Waals surface area contributed by atoms with Crippen LogP contribution in [0.1, 0.15) is 27.1 Å². The van der Waals surface area contributed by atoms with Crippen molar-refractivity contribution in [1.29, 1.82) is 0 Å². The molecule has 1 saturated heterocycles. The van der Waals surface area contributed by atoms with E-state index in [0.29, 0.717) is 73.1 Å². The fourth-order valence-electron chi connectivity index (χ4n) is 4.01. The van der Waals surface area contributed by atoms with E-state index in [-0.39, 0.29) is 23.8 Å². The molecule has 8 heteroatoms. The number of benzene rings is 2. The molecule has 164 valence electrons. The molecule has 8 nitrogen and oxygen atoms in total. The Balaban J connectivity index is 1.22. The molecular weight excluding hydrogens is 412 g/mol. The van der Waals surface area contributed by atoms with Gasteiger partial charge in [-0.05, 0) is 36.8 Å². The summed E-state index contributed by atoms with van der Waals surface area (Å²) in [7, 11) is 0. The van der Waals surface area contributed by atoms with Gasteiger partial charge in [-0.25, -0.2) is 0 Å². The van der Waals surface area contributed by atoms with Crippen LogP contribution in [0.3, 0.4) is 0 Å². The molecular formula is C24H22N2O6. The average Bonchev–Trinajstić information content (AvgIpc) is 3.07. The average molecular weight is 434 g/mol. The third kappa shape index (κ3) is 3.73. The van der Waals surface area contributed by atoms with Crippen LogP contribution in [0.4, 0.5) is 5.88 Å². The summed E-state index contributed by atoms with van der Waals surface area (Å²) < 4.78 is 17.0. The van der Waals surface area contributed by atoms with Gasteiger partial charge in [-0.3, -0.25) is 19.3 Å². The van der Waals surface area contributed by atoms with Crippen LogP contribution in [0.25, 0.3) is 11.0 Å². The van der Waals surface area contributed by atoms with Gasteiger partial charge in [0.25, 0.3) is 11.8 Å². The second kappa shape index (κ2) is 8.47. The van der Waals surface area contributed by atoms with Crippen LogP contribution in [0.5, 0.6) is 5.75 Å². The molecule has 0 atom stereocenters. The van der Waals surface area contributed by atoms with Crippen molar-refractivity contribution < 1.29 is 23.5 Å². The van der Waals surface area contributed by atoms with Crippen molar-refractivity contribution in [1.82, 2.24) is 4.90 Å². The maximum absolute atomic E-state index is 12.6. The molecule has 0 unspecified atom stereocenters. The minimum atomic E-state index is -0.273. The lowest BCUT2D eigenvalue weighted by molar-refractivity contribution is 0.0646. The van der Waals surface area contributed by atoms with Crippen molar-refractivity contribution in [3.8, 4) is 5.75 Å². The zero-order chi connectivity index (χ0) is 22.1. The molecule has 5 rings (SSSR count). The molecule has 0 bridgehead atoms. The number of carbonyl (C=O) groups excluding carboxylic acids is 2. The number of ether oxygens (including phenoxy) is 2. The SMILES string of the molecule is O=C1c2ccccc2C(=O)N1CCCOc1ccc2oc(N3CCOCC3)cc(=O)c2c1. The zero-order valence-electron chi connectivity index (χ0n) is 17.4. The highest BCUT2D eigenvalue weighted by molar-refractivity contribution is 6.21. The standard InChI is InChI=1S/C24H22N2O6/c27-20-15-22(25-9-12-30-13-10-25)32-21-7-6-16(14-19(20)21)31-11-3-8-26-23(28)17-4-1-2-5-18(17)24(26)29/h1-2,4-7,14-15H,3,8-13H2. The van der Waals surface area contributed by atoms with Gasteiger partial charge >= 0.3 is 0 Å². The Morgan fingerprint density at radius 1 is 0.906 bits per heavy atom. The van der Waals surface area contributed by atoms with Gasteiger partial charge in [0.2, 0.25) is 0 Å². The number of hydrogen-bond acceptors (Lipinski definition) is 7. The lowest BCUT2D eigenvalue weighted by Crippen LogP contribution is -2.36. The molecule has 2 aromatic carbocycles. The molecule has 32 heavy (non-hydrogen) atoms. The van der Waals surface area contributed by atoms with Crippen LogP contribution in [0.15, 0.2) is 57.7 Å². The number of imide groups is 1. The predicted molar refractivity (Wildman–Crippen MR) is 117 cm³/mol. The molecule has 2 amide bonds. The zero-order valence-corrected chi connectivity index (χ0v) is 17.4. The number of carbonyl (C=O) groups is 2. The third-order valence-electron chi connectivity index (χ3n) is 5.68. The first kappa shape index (κ1) is 20.3. The second-order valence-electron chi connectivity index (χ2n) is 7.72. The van der Waals surface area contributed by atoms with E-state index in [1.807, 2.05) is 4.90 Å². The van der Waals surface area contributed by atoms with Gasteiger partial charge in [-0.15, -0.1) is 0 Å². The van der Waals surface area contributed by atoms with Crippen molar-refractivity contribution in [2.75, 3.05) is 44.4 Å². The van der Waals surface area contributed by atoms with E-state index in [1.54, 1.807) is 42.5 Å². The molecule has 3 heterocycles. The molecule has 2 aliphatic heterocycles. The van der Waals surface area contributed by atoms with Crippen molar-refractivity contribution in [2.45, 2.75) is 6.42 Å². The van der Waals surface area contributed by atoms with E-state index in [1.165, 1.54) is 11.0 Å². The first-order valence-corrected chi connectivity index (χ1v) is 10.6. The van der Waals surface area contributed by atoms with E-state index in [4.69, 9.17) is 13.9 Å². The fraction of sp³-hybridized carbons (Fsp3) is 0.292. The number of rotatable bonds is 6. The highest BCUT2D eigenvalue weighted by atomic mass is 16.5. The highest BCUT2D eigenvalue weighted by Gasteiger charge is 2.34. The highest BCUT2D eigenvalue weighted by Crippen LogP contribution is 2.25. The topological polar surface area (TPSA) is 89.3 Å². The van der Waals surface area contributed by atoms with Crippen LogP contribution in [-0.2, 0) is 4.74 Å². The summed E-state index contributed by atoms with van der Waals surface area (Å²) in [6.45, 7) is 3.15. The monoisotopic (exact) mass is 434 g/mol. The van der Waals surface area contributed by atoms with Crippen molar-refractivity contribution in [3.63, 3.8) is 0 Å². The van der Waals surface area contributed by atoms with Crippen LogP contribution in [0, 0.1) is 0 Å². The Bertz CT molecular complexity index is 1210. The van der Waals surface area contributed by atoms with Crippen LogP contribution >= 0.6 is 0 Å². The Hall–Kier alpha value is -3.65. The number of anilines is 1. The first-order chi connectivity index (χ1) is 15.6. The Kier molecular flexibility index (Phi) is 5.36. The maximum atomic E-state index is 12.6. The largest absolute Gasteiger partial charge is 0.494 e. The van der Waals surface area contributed by atoms with Crippen LogP contribution in [0.2, 0.25) is 0 Å². The van der Waals surface area contributed by atoms with E-state index in [9.17, 15) is 14.4 Å². The van der Waals surface area contributed by atoms with Crippen molar-refractivity contribution >= 4 is 28.7 Å². The van der Waals surface area contributed by atoms with Gasteiger partial charge in [0.15, 0.2) is 11.3 Å². The van der Waals surface area contributed by atoms with Crippen LogP contribution in [-0.4, -0.2) is 56.2 Å². The first-order valence-electron chi connectivity index (χ1n) is 10.6. The molecule has 0 N–H and O–H groups in total. The van der Waals surface area contributed by atoms with Gasteiger partial charge < -0.3 is 18.8 Å². The molecule has 0 spiro atoms. The van der Waals surface area contributed by atoms with Gasteiger partial charge in [0, 0.05) is 25.7 Å². The Labute approximate surface area is 183 Å². The lowest BCUT2D eigenvalue weighted by atomic mass is 10.1. The molecule has 1 fully saturated rings. The predicted octanol–water partition coefficient (Wildman–Crippen LogP) is 2.69. The lowest BCUT2D eigenvalue weighted by Gasteiger charge is -2.27. The number of hydrogen-bond donors (Lipinski definition) is 0. The van der Waals surface area contributed by atoms with Crippen LogP contribution < -0.4 is 15.1 Å². The van der Waals surface area contributed by atoms with E-state index in [0.717, 1.165) is 0 Å². The number of amides is 2. The minimum absolute atomic E-state index is 0.135. The fourth-order valence-corrected chi connectivity index (χ4v) is 4.01. The summed E-state index contributed by atoms with van der Waals surface area (Å²) in [6, 6.07) is 13.4. The molecule has 0 radical (unpaired) electrons. The normalized spacial score (nSPS) is 16.0. The summed E-state index contributed by atoms with van der Waals surface area (Å²) in [5.41, 5.74) is 1.24. The Morgan fingerprint density at radius 3 is 2.34 bits per heavy atom. The number of nitrogens with zero attached hydrogens (tertiary/aromatic N) is 2. The van der Waals surface area contributed by atoms with E-state index in [2.05, 4.69) is 0 Å².